The summed E-state index contributed by atoms with van der Waals surface area (Å²) in [6, 6.07) is 18.4. The van der Waals surface area contributed by atoms with Crippen LogP contribution in [0.25, 0.3) is 11.3 Å². The smallest absolute Gasteiger partial charge is 0.274 e. The van der Waals surface area contributed by atoms with Crippen molar-refractivity contribution in [2.75, 3.05) is 0 Å². The number of carbonyl (C=O) groups excluding carboxylic acids is 1. The Bertz CT molecular complexity index is 873. The van der Waals surface area contributed by atoms with E-state index in [-0.39, 0.29) is 11.6 Å². The zero-order chi connectivity index (χ0) is 16.5. The van der Waals surface area contributed by atoms with Gasteiger partial charge in [-0.1, -0.05) is 59.8 Å². The molecule has 2 N–H and O–H groups in total. The Morgan fingerprint density at radius 1 is 1.12 bits per heavy atom. The maximum absolute atomic E-state index is 12.5. The van der Waals surface area contributed by atoms with E-state index in [4.69, 9.17) is 4.52 Å². The lowest BCUT2D eigenvalue weighted by atomic mass is 10.1. The molecule has 2 aromatic carbocycles. The molecule has 0 bridgehead atoms. The minimum atomic E-state index is -0.633. The Balaban J connectivity index is 1.54. The van der Waals surface area contributed by atoms with Crippen molar-refractivity contribution in [1.29, 1.82) is 0 Å². The van der Waals surface area contributed by atoms with Crippen molar-refractivity contribution in [3.8, 4) is 11.3 Å². The second kappa shape index (κ2) is 5.94. The molecule has 1 amide bonds. The lowest BCUT2D eigenvalue weighted by Crippen LogP contribution is -2.34. The number of aliphatic hydroxyl groups excluding tert-OH is 1. The van der Waals surface area contributed by atoms with Gasteiger partial charge in [-0.3, -0.25) is 4.79 Å². The highest BCUT2D eigenvalue weighted by Crippen LogP contribution is 2.31. The first kappa shape index (κ1) is 14.7. The summed E-state index contributed by atoms with van der Waals surface area (Å²) in [5.74, 6) is 0.176. The minimum absolute atomic E-state index is 0.199. The van der Waals surface area contributed by atoms with E-state index in [0.29, 0.717) is 12.2 Å². The number of aliphatic hydroxyl groups is 1. The summed E-state index contributed by atoms with van der Waals surface area (Å²) < 4.78 is 5.26. The first-order valence-electron chi connectivity index (χ1n) is 7.81. The molecular weight excluding hydrogens is 304 g/mol. The number of hydrogen-bond donors (Lipinski definition) is 2. The van der Waals surface area contributed by atoms with Crippen molar-refractivity contribution < 1.29 is 14.4 Å². The summed E-state index contributed by atoms with van der Waals surface area (Å²) in [4.78, 5) is 12.5. The predicted molar refractivity (Wildman–Crippen MR) is 88.3 cm³/mol. The Labute approximate surface area is 138 Å². The van der Waals surface area contributed by atoms with Crippen molar-refractivity contribution in [2.45, 2.75) is 18.6 Å². The van der Waals surface area contributed by atoms with E-state index in [0.717, 1.165) is 16.7 Å². The van der Waals surface area contributed by atoms with E-state index in [1.165, 1.54) is 0 Å². The molecule has 120 valence electrons. The largest absolute Gasteiger partial charge is 0.390 e. The van der Waals surface area contributed by atoms with Crippen LogP contribution < -0.4 is 5.32 Å². The zero-order valence-corrected chi connectivity index (χ0v) is 12.8. The fraction of sp³-hybridized carbons (Fsp3) is 0.158. The van der Waals surface area contributed by atoms with Gasteiger partial charge in [0.25, 0.3) is 5.91 Å². The highest BCUT2D eigenvalue weighted by Gasteiger charge is 2.32. The van der Waals surface area contributed by atoms with Gasteiger partial charge in [-0.2, -0.15) is 0 Å². The number of rotatable bonds is 3. The highest BCUT2D eigenvalue weighted by molar-refractivity contribution is 5.93. The summed E-state index contributed by atoms with van der Waals surface area (Å²) >= 11 is 0. The number of nitrogens with zero attached hydrogens (tertiary/aromatic N) is 1. The Hall–Kier alpha value is -2.92. The van der Waals surface area contributed by atoms with Gasteiger partial charge in [0.15, 0.2) is 11.5 Å². The molecule has 24 heavy (non-hydrogen) atoms. The molecule has 1 aliphatic carbocycles. The molecule has 0 aliphatic heterocycles. The average molecular weight is 320 g/mol. The molecule has 2 unspecified atom stereocenters. The molecule has 5 nitrogen and oxygen atoms in total. The van der Waals surface area contributed by atoms with Crippen LogP contribution in [0, 0.1) is 0 Å². The zero-order valence-electron chi connectivity index (χ0n) is 12.8. The lowest BCUT2D eigenvalue weighted by molar-refractivity contribution is 0.0849. The number of fused-ring (bicyclic) bond motifs is 1. The molecule has 0 fully saturated rings. The van der Waals surface area contributed by atoms with E-state index in [9.17, 15) is 9.90 Å². The topological polar surface area (TPSA) is 75.4 Å². The third kappa shape index (κ3) is 2.59. The molecule has 1 heterocycles. The predicted octanol–water partition coefficient (Wildman–Crippen LogP) is 2.73. The van der Waals surface area contributed by atoms with Gasteiger partial charge in [-0.05, 0) is 11.1 Å². The van der Waals surface area contributed by atoms with Crippen LogP contribution in [-0.2, 0) is 6.42 Å². The summed E-state index contributed by atoms with van der Waals surface area (Å²) in [7, 11) is 0. The van der Waals surface area contributed by atoms with Gasteiger partial charge >= 0.3 is 0 Å². The fourth-order valence-corrected chi connectivity index (χ4v) is 3.08. The SMILES string of the molecule is O=C(NC1c2ccccc2CC1O)c1cc(-c2ccccc2)on1. The van der Waals surface area contributed by atoms with Crippen molar-refractivity contribution >= 4 is 5.91 Å². The van der Waals surface area contributed by atoms with Gasteiger partial charge < -0.3 is 14.9 Å². The fourth-order valence-electron chi connectivity index (χ4n) is 3.08. The first-order chi connectivity index (χ1) is 11.7. The number of hydrogen-bond acceptors (Lipinski definition) is 4. The molecule has 2 atom stereocenters. The maximum atomic E-state index is 12.5. The number of carbonyl (C=O) groups is 1. The van der Waals surface area contributed by atoms with Crippen LogP contribution in [0.4, 0.5) is 0 Å². The van der Waals surface area contributed by atoms with E-state index in [1.807, 2.05) is 54.6 Å². The molecule has 0 spiro atoms. The molecule has 5 heteroatoms. The van der Waals surface area contributed by atoms with Crippen LogP contribution in [0.15, 0.2) is 65.2 Å². The molecule has 1 aromatic heterocycles. The molecular formula is C19H16N2O3. The van der Waals surface area contributed by atoms with Crippen LogP contribution in [0.3, 0.4) is 0 Å². The van der Waals surface area contributed by atoms with Gasteiger partial charge in [-0.15, -0.1) is 0 Å². The van der Waals surface area contributed by atoms with Crippen LogP contribution in [0.1, 0.15) is 27.7 Å². The molecule has 0 saturated heterocycles. The second-order valence-corrected chi connectivity index (χ2v) is 5.86. The van der Waals surface area contributed by atoms with Gasteiger partial charge in [-0.25, -0.2) is 0 Å². The third-order valence-corrected chi connectivity index (χ3v) is 4.29. The number of nitrogens with one attached hydrogen (secondary N) is 1. The second-order valence-electron chi connectivity index (χ2n) is 5.86. The first-order valence-corrected chi connectivity index (χ1v) is 7.81. The van der Waals surface area contributed by atoms with Gasteiger partial charge in [0, 0.05) is 18.1 Å². The molecule has 0 saturated carbocycles. The van der Waals surface area contributed by atoms with Crippen LogP contribution in [0.2, 0.25) is 0 Å². The van der Waals surface area contributed by atoms with Gasteiger partial charge in [0.05, 0.1) is 12.1 Å². The number of amides is 1. The number of aromatic nitrogens is 1. The molecule has 4 rings (SSSR count). The van der Waals surface area contributed by atoms with E-state index in [1.54, 1.807) is 6.07 Å². The Kier molecular flexibility index (Phi) is 3.63. The van der Waals surface area contributed by atoms with Crippen molar-refractivity contribution in [3.05, 3.63) is 77.5 Å². The highest BCUT2D eigenvalue weighted by atomic mass is 16.5. The van der Waals surface area contributed by atoms with Crippen molar-refractivity contribution in [1.82, 2.24) is 10.5 Å². The molecule has 3 aromatic rings. The summed E-state index contributed by atoms with van der Waals surface area (Å²) in [6.45, 7) is 0. The van der Waals surface area contributed by atoms with Crippen LogP contribution in [-0.4, -0.2) is 22.3 Å². The Morgan fingerprint density at radius 2 is 1.88 bits per heavy atom. The van der Waals surface area contributed by atoms with Gasteiger partial charge in [0.2, 0.25) is 0 Å². The summed E-state index contributed by atoms with van der Waals surface area (Å²) in [5, 5.41) is 16.9. The van der Waals surface area contributed by atoms with Crippen LogP contribution >= 0.6 is 0 Å². The number of benzene rings is 2. The molecule has 1 aliphatic rings. The Morgan fingerprint density at radius 3 is 2.71 bits per heavy atom. The molecule has 0 radical (unpaired) electrons. The standard InChI is InChI=1S/C19H16N2O3/c22-16-10-13-8-4-5-9-14(13)18(16)20-19(23)15-11-17(24-21-15)12-6-2-1-3-7-12/h1-9,11,16,18,22H,10H2,(H,20,23). The summed E-state index contributed by atoms with van der Waals surface area (Å²) in [6.07, 6.45) is -0.0956. The van der Waals surface area contributed by atoms with Gasteiger partial charge in [0.1, 0.15) is 0 Å². The monoisotopic (exact) mass is 320 g/mol. The minimum Gasteiger partial charge on any atom is -0.390 e. The van der Waals surface area contributed by atoms with E-state index >= 15 is 0 Å². The van der Waals surface area contributed by atoms with E-state index in [2.05, 4.69) is 10.5 Å². The normalized spacial score (nSPS) is 19.0. The summed E-state index contributed by atoms with van der Waals surface area (Å²) in [5.41, 5.74) is 3.06. The lowest BCUT2D eigenvalue weighted by Gasteiger charge is -2.16. The average Bonchev–Trinajstić information content (AvgIpc) is 3.21. The maximum Gasteiger partial charge on any atom is 0.274 e. The quantitative estimate of drug-likeness (QED) is 0.778. The van der Waals surface area contributed by atoms with Crippen molar-refractivity contribution in [2.24, 2.45) is 0 Å². The van der Waals surface area contributed by atoms with Crippen LogP contribution in [0.5, 0.6) is 0 Å². The van der Waals surface area contributed by atoms with E-state index < -0.39 is 12.1 Å². The third-order valence-electron chi connectivity index (χ3n) is 4.29. The van der Waals surface area contributed by atoms with Crippen molar-refractivity contribution in [3.63, 3.8) is 0 Å².